The van der Waals surface area contributed by atoms with Crippen molar-refractivity contribution in [2.24, 2.45) is 4.99 Å². The van der Waals surface area contributed by atoms with Crippen molar-refractivity contribution in [2.75, 3.05) is 0 Å². The van der Waals surface area contributed by atoms with E-state index in [1.807, 2.05) is 48.5 Å². The van der Waals surface area contributed by atoms with Crippen LogP contribution in [-0.4, -0.2) is 51.7 Å². The molecule has 0 radical (unpaired) electrons. The minimum absolute atomic E-state index is 0.254. The van der Waals surface area contributed by atoms with E-state index in [4.69, 9.17) is 0 Å². The van der Waals surface area contributed by atoms with E-state index in [0.717, 1.165) is 5.56 Å². The van der Waals surface area contributed by atoms with Crippen LogP contribution in [0.15, 0.2) is 132 Å². The van der Waals surface area contributed by atoms with Crippen molar-refractivity contribution in [1.29, 1.82) is 0 Å². The molecular weight excluding hydrogens is 581 g/mol. The number of carbonyl (C=O) groups is 3. The summed E-state index contributed by atoms with van der Waals surface area (Å²) in [6.45, 7) is 0. The Hall–Kier alpha value is -5.24. The monoisotopic (exact) mass is 603 g/mol. The second kappa shape index (κ2) is 11.5. The quantitative estimate of drug-likeness (QED) is 0.207. The molecule has 4 aromatic carbocycles. The van der Waals surface area contributed by atoms with Crippen LogP contribution in [0, 0.1) is 0 Å². The van der Waals surface area contributed by atoms with Crippen LogP contribution in [0.1, 0.15) is 35.6 Å². The van der Waals surface area contributed by atoms with E-state index in [1.54, 1.807) is 78.9 Å². The van der Waals surface area contributed by atoms with Crippen molar-refractivity contribution in [3.05, 3.63) is 153 Å². The fourth-order valence-electron chi connectivity index (χ4n) is 4.16. The van der Waals surface area contributed by atoms with Crippen molar-refractivity contribution in [3.8, 4) is 17.1 Å². The Kier molecular flexibility index (Phi) is 7.28. The first-order valence-corrected chi connectivity index (χ1v) is 14.4. The van der Waals surface area contributed by atoms with Crippen LogP contribution in [0.3, 0.4) is 0 Å². The molecule has 6 rings (SSSR count). The molecule has 0 unspecified atom stereocenters. The number of nitrogens with zero attached hydrogens (tertiary/aromatic N) is 5. The predicted octanol–water partition coefficient (Wildman–Crippen LogP) is 4.45. The summed E-state index contributed by atoms with van der Waals surface area (Å²) in [7, 11) is 0. The second-order valence-electron chi connectivity index (χ2n) is 8.92. The van der Waals surface area contributed by atoms with E-state index in [9.17, 15) is 14.4 Å². The standard InChI is InChI=1S/C32H21N5O3Se/c38-28(23-15-7-2-8-16-23)30-35-37(32(41-30)33-29(39)24-17-9-3-10-18-24)27-21-26(22-13-5-1-6-14-22)34-36(27)31(40)25-19-11-4-12-20-25/h1-21H. The number of aromatic nitrogens is 4. The van der Waals surface area contributed by atoms with E-state index in [2.05, 4.69) is 15.2 Å². The molecule has 1 amide bonds. The van der Waals surface area contributed by atoms with Crippen molar-refractivity contribution in [2.45, 2.75) is 0 Å². The van der Waals surface area contributed by atoms with Gasteiger partial charge in [0.05, 0.1) is 0 Å². The van der Waals surface area contributed by atoms with Gasteiger partial charge >= 0.3 is 241 Å². The average Bonchev–Trinajstić information content (AvgIpc) is 3.67. The van der Waals surface area contributed by atoms with Gasteiger partial charge in [0.2, 0.25) is 0 Å². The zero-order valence-corrected chi connectivity index (χ0v) is 23.2. The van der Waals surface area contributed by atoms with Gasteiger partial charge in [-0.1, -0.05) is 0 Å². The van der Waals surface area contributed by atoms with Crippen LogP contribution in [0.5, 0.6) is 0 Å². The van der Waals surface area contributed by atoms with Gasteiger partial charge in [-0.05, 0) is 0 Å². The van der Waals surface area contributed by atoms with E-state index in [-0.39, 0.29) is 26.4 Å². The van der Waals surface area contributed by atoms with Gasteiger partial charge in [0, 0.05) is 0 Å². The molecule has 0 saturated heterocycles. The van der Waals surface area contributed by atoms with Crippen LogP contribution >= 0.6 is 0 Å². The SMILES string of the molecule is O=C(N=c1[se]c(C(=O)c2ccccc2)nn1-c1cc(-c2ccccc2)nn1C(=O)c1ccccc1)c1ccccc1. The zero-order chi connectivity index (χ0) is 28.2. The van der Waals surface area contributed by atoms with Crippen molar-refractivity contribution in [3.63, 3.8) is 0 Å². The first-order chi connectivity index (χ1) is 20.1. The summed E-state index contributed by atoms with van der Waals surface area (Å²) in [4.78, 5) is 44.7. The Morgan fingerprint density at radius 1 is 0.634 bits per heavy atom. The van der Waals surface area contributed by atoms with Crippen LogP contribution in [0.4, 0.5) is 0 Å². The molecule has 0 atom stereocenters. The fraction of sp³-hybridized carbons (Fsp3) is 0. The number of carbonyl (C=O) groups excluding carboxylic acids is 3. The van der Waals surface area contributed by atoms with Gasteiger partial charge in [-0.25, -0.2) is 0 Å². The third kappa shape index (κ3) is 5.45. The molecule has 0 N–H and O–H groups in total. The van der Waals surface area contributed by atoms with Crippen molar-refractivity contribution in [1.82, 2.24) is 19.6 Å². The molecule has 0 spiro atoms. The van der Waals surface area contributed by atoms with Gasteiger partial charge in [0.1, 0.15) is 0 Å². The van der Waals surface area contributed by atoms with Gasteiger partial charge in [-0.15, -0.1) is 0 Å². The Morgan fingerprint density at radius 3 is 1.78 bits per heavy atom. The molecule has 8 nitrogen and oxygen atoms in total. The number of rotatable bonds is 6. The molecule has 0 saturated carbocycles. The zero-order valence-electron chi connectivity index (χ0n) is 21.5. The Bertz CT molecular complexity index is 1930. The third-order valence-electron chi connectivity index (χ3n) is 6.20. The summed E-state index contributed by atoms with van der Waals surface area (Å²) in [6, 6.07) is 37.4. The van der Waals surface area contributed by atoms with E-state index in [1.165, 1.54) is 9.36 Å². The minimum atomic E-state index is -0.727. The van der Waals surface area contributed by atoms with Crippen molar-refractivity contribution >= 4 is 32.1 Å². The van der Waals surface area contributed by atoms with Gasteiger partial charge in [0.25, 0.3) is 0 Å². The third-order valence-corrected chi connectivity index (χ3v) is 8.10. The number of ketones is 1. The average molecular weight is 603 g/mol. The topological polar surface area (TPSA) is 99.2 Å². The molecular formula is C32H21N5O3Se. The van der Waals surface area contributed by atoms with E-state index < -0.39 is 20.4 Å². The summed E-state index contributed by atoms with van der Waals surface area (Å²) in [5.74, 6) is -0.853. The predicted molar refractivity (Wildman–Crippen MR) is 154 cm³/mol. The maximum atomic E-state index is 13.7. The number of amides is 1. The van der Waals surface area contributed by atoms with Gasteiger partial charge in [-0.2, -0.15) is 0 Å². The molecule has 0 aliphatic rings. The molecule has 0 aliphatic carbocycles. The first-order valence-electron chi connectivity index (χ1n) is 12.7. The molecule has 0 bridgehead atoms. The number of hydrogen-bond donors (Lipinski definition) is 0. The van der Waals surface area contributed by atoms with Gasteiger partial charge in [0.15, 0.2) is 0 Å². The van der Waals surface area contributed by atoms with Crippen LogP contribution in [0.25, 0.3) is 17.1 Å². The molecule has 2 heterocycles. The van der Waals surface area contributed by atoms with Crippen LogP contribution < -0.4 is 4.36 Å². The maximum absolute atomic E-state index is 13.7. The summed E-state index contributed by atoms with van der Waals surface area (Å²) < 4.78 is 3.17. The number of benzene rings is 4. The Labute approximate surface area is 240 Å². The summed E-state index contributed by atoms with van der Waals surface area (Å²) in [6.07, 6.45) is 0. The summed E-state index contributed by atoms with van der Waals surface area (Å²) in [5.41, 5.74) is 2.62. The summed E-state index contributed by atoms with van der Waals surface area (Å²) in [5, 5.41) is 9.28. The molecule has 198 valence electrons. The molecule has 0 aliphatic heterocycles. The second-order valence-corrected chi connectivity index (χ2v) is 10.9. The van der Waals surface area contributed by atoms with Gasteiger partial charge < -0.3 is 0 Å². The van der Waals surface area contributed by atoms with Gasteiger partial charge in [-0.3, -0.25) is 0 Å². The number of hydrogen-bond acceptors (Lipinski definition) is 5. The molecule has 9 heteroatoms. The first kappa shape index (κ1) is 26.0. The van der Waals surface area contributed by atoms with Crippen LogP contribution in [-0.2, 0) is 0 Å². The van der Waals surface area contributed by atoms with E-state index in [0.29, 0.717) is 22.4 Å². The Balaban J connectivity index is 1.57. The molecule has 2 aromatic heterocycles. The molecule has 0 fully saturated rings. The van der Waals surface area contributed by atoms with Crippen LogP contribution in [0.2, 0.25) is 0 Å². The molecule has 41 heavy (non-hydrogen) atoms. The summed E-state index contributed by atoms with van der Waals surface area (Å²) >= 11 is -0.727. The van der Waals surface area contributed by atoms with E-state index >= 15 is 0 Å². The molecule has 6 aromatic rings. The Morgan fingerprint density at radius 2 is 1.17 bits per heavy atom. The normalized spacial score (nSPS) is 11.4. The van der Waals surface area contributed by atoms with Crippen molar-refractivity contribution < 1.29 is 14.4 Å². The fourth-order valence-corrected chi connectivity index (χ4v) is 5.96.